The second-order valence-electron chi connectivity index (χ2n) is 5.79. The lowest BCUT2D eigenvalue weighted by Crippen LogP contribution is -2.32. The Morgan fingerprint density at radius 3 is 2.54 bits per heavy atom. The zero-order chi connectivity index (χ0) is 18.3. The van der Waals surface area contributed by atoms with E-state index in [1.165, 1.54) is 7.05 Å². The summed E-state index contributed by atoms with van der Waals surface area (Å²) >= 11 is -1.93. The SMILES string of the molecule is COc1nc(C(F)(F)F)c(C[S+]([O-])C2=NOC(C)(C)C2)c(=O)n1C. The van der Waals surface area contributed by atoms with Crippen LogP contribution in [0.1, 0.15) is 31.5 Å². The van der Waals surface area contributed by atoms with Crippen molar-refractivity contribution in [2.75, 3.05) is 7.11 Å². The molecule has 0 bridgehead atoms. The third kappa shape index (κ3) is 3.66. The second-order valence-corrected chi connectivity index (χ2v) is 7.24. The van der Waals surface area contributed by atoms with Crippen LogP contribution in [-0.2, 0) is 35.0 Å². The van der Waals surface area contributed by atoms with E-state index in [2.05, 4.69) is 14.9 Å². The molecule has 0 radical (unpaired) electrons. The van der Waals surface area contributed by atoms with Crippen molar-refractivity contribution in [3.05, 3.63) is 21.6 Å². The Kier molecular flexibility index (Phi) is 4.86. The molecule has 1 atom stereocenters. The Labute approximate surface area is 138 Å². The number of alkyl halides is 3. The molecular formula is C13H16F3N3O4S. The van der Waals surface area contributed by atoms with Gasteiger partial charge in [-0.05, 0) is 19.0 Å². The normalized spacial score (nSPS) is 18.1. The maximum atomic E-state index is 13.2. The molecule has 1 aromatic rings. The second kappa shape index (κ2) is 6.28. The van der Waals surface area contributed by atoms with Gasteiger partial charge in [-0.15, -0.1) is 0 Å². The summed E-state index contributed by atoms with van der Waals surface area (Å²) in [7, 11) is 2.33. The lowest BCUT2D eigenvalue weighted by Gasteiger charge is -2.16. The van der Waals surface area contributed by atoms with Crippen molar-refractivity contribution in [1.29, 1.82) is 0 Å². The summed E-state index contributed by atoms with van der Waals surface area (Å²) in [6.45, 7) is 3.41. The maximum absolute atomic E-state index is 13.2. The van der Waals surface area contributed by atoms with Gasteiger partial charge in [0.2, 0.25) is 0 Å². The first-order chi connectivity index (χ1) is 11.0. The standard InChI is InChI=1S/C13H16F3N3O4S/c1-12(2)5-8(18-23-12)24(21)6-7-9(13(14,15)16)17-11(22-4)19(3)10(7)20/h5-6H2,1-4H3. The van der Waals surface area contributed by atoms with E-state index in [0.29, 0.717) is 0 Å². The number of hydrogen-bond donors (Lipinski definition) is 0. The monoisotopic (exact) mass is 367 g/mol. The van der Waals surface area contributed by atoms with Crippen LogP contribution in [-0.4, -0.2) is 31.9 Å². The molecule has 1 aromatic heterocycles. The summed E-state index contributed by atoms with van der Waals surface area (Å²) in [6.07, 6.45) is -4.68. The highest BCUT2D eigenvalue weighted by Crippen LogP contribution is 2.32. The van der Waals surface area contributed by atoms with Crippen LogP contribution in [0.25, 0.3) is 0 Å². The Balaban J connectivity index is 2.43. The summed E-state index contributed by atoms with van der Waals surface area (Å²) in [5.74, 6) is -0.656. The van der Waals surface area contributed by atoms with Crippen molar-refractivity contribution in [1.82, 2.24) is 9.55 Å². The average molecular weight is 367 g/mol. The Hall–Kier alpha value is -1.75. The van der Waals surface area contributed by atoms with Crippen LogP contribution in [0.2, 0.25) is 0 Å². The molecule has 24 heavy (non-hydrogen) atoms. The molecule has 1 aliphatic rings. The van der Waals surface area contributed by atoms with E-state index in [4.69, 9.17) is 4.84 Å². The van der Waals surface area contributed by atoms with Crippen molar-refractivity contribution >= 4 is 16.2 Å². The molecule has 0 saturated heterocycles. The van der Waals surface area contributed by atoms with Gasteiger partial charge in [-0.1, -0.05) is 0 Å². The fourth-order valence-corrected chi connectivity index (χ4v) is 3.43. The first-order valence-corrected chi connectivity index (χ1v) is 8.12. The molecule has 0 spiro atoms. The van der Waals surface area contributed by atoms with E-state index < -0.39 is 51.5 Å². The van der Waals surface area contributed by atoms with E-state index in [9.17, 15) is 22.5 Å². The van der Waals surface area contributed by atoms with Gasteiger partial charge in [-0.25, -0.2) is 0 Å². The molecule has 0 N–H and O–H groups in total. The van der Waals surface area contributed by atoms with Gasteiger partial charge in [0.15, 0.2) is 5.69 Å². The molecule has 0 saturated carbocycles. The molecule has 0 amide bonds. The minimum atomic E-state index is -4.88. The number of aromatic nitrogens is 2. The third-order valence-corrected chi connectivity index (χ3v) is 4.60. The van der Waals surface area contributed by atoms with Gasteiger partial charge in [0, 0.05) is 18.2 Å². The molecule has 1 unspecified atom stereocenters. The molecule has 1 aliphatic heterocycles. The summed E-state index contributed by atoms with van der Waals surface area (Å²) in [5, 5.41) is 3.75. The van der Waals surface area contributed by atoms with Gasteiger partial charge < -0.3 is 14.1 Å². The van der Waals surface area contributed by atoms with Crippen LogP contribution in [0.5, 0.6) is 6.01 Å². The number of nitrogens with zero attached hydrogens (tertiary/aromatic N) is 3. The first kappa shape index (κ1) is 18.6. The fraction of sp³-hybridized carbons (Fsp3) is 0.615. The lowest BCUT2D eigenvalue weighted by molar-refractivity contribution is -0.142. The third-order valence-electron chi connectivity index (χ3n) is 3.30. The Bertz CT molecular complexity index is 730. The number of oxime groups is 1. The number of rotatable bonds is 3. The van der Waals surface area contributed by atoms with Crippen LogP contribution in [0.4, 0.5) is 13.2 Å². The lowest BCUT2D eigenvalue weighted by atomic mass is 10.1. The predicted octanol–water partition coefficient (Wildman–Crippen LogP) is 1.57. The topological polar surface area (TPSA) is 88.8 Å². The molecule has 0 aliphatic carbocycles. The van der Waals surface area contributed by atoms with Crippen molar-refractivity contribution < 1.29 is 27.3 Å². The van der Waals surface area contributed by atoms with Crippen LogP contribution in [0.15, 0.2) is 9.95 Å². The zero-order valence-electron chi connectivity index (χ0n) is 13.4. The van der Waals surface area contributed by atoms with E-state index in [0.717, 1.165) is 11.7 Å². The van der Waals surface area contributed by atoms with E-state index in [1.807, 2.05) is 0 Å². The fourth-order valence-electron chi connectivity index (χ4n) is 2.12. The van der Waals surface area contributed by atoms with Crippen molar-refractivity contribution in [2.45, 2.75) is 37.8 Å². The molecular weight excluding hydrogens is 351 g/mol. The minimum absolute atomic E-state index is 0.103. The highest BCUT2D eigenvalue weighted by Gasteiger charge is 2.42. The molecule has 11 heteroatoms. The molecule has 7 nitrogen and oxygen atoms in total. The quantitative estimate of drug-likeness (QED) is 0.757. The molecule has 0 aromatic carbocycles. The zero-order valence-corrected chi connectivity index (χ0v) is 14.2. The van der Waals surface area contributed by atoms with Crippen LogP contribution < -0.4 is 10.3 Å². The smallest absolute Gasteiger partial charge is 0.434 e. The van der Waals surface area contributed by atoms with Crippen molar-refractivity contribution in [3.63, 3.8) is 0 Å². The van der Waals surface area contributed by atoms with Crippen LogP contribution in [0.3, 0.4) is 0 Å². The van der Waals surface area contributed by atoms with Gasteiger partial charge in [-0.2, -0.15) is 18.2 Å². The number of ether oxygens (including phenoxy) is 1. The van der Waals surface area contributed by atoms with Crippen LogP contribution >= 0.6 is 0 Å². The summed E-state index contributed by atoms with van der Waals surface area (Å²) < 4.78 is 57.5. The van der Waals surface area contributed by atoms with E-state index >= 15 is 0 Å². The number of halogens is 3. The minimum Gasteiger partial charge on any atom is -0.610 e. The Morgan fingerprint density at radius 2 is 2.08 bits per heavy atom. The van der Waals surface area contributed by atoms with Gasteiger partial charge >= 0.3 is 6.18 Å². The van der Waals surface area contributed by atoms with Gasteiger partial charge in [-0.3, -0.25) is 9.36 Å². The molecule has 2 heterocycles. The summed E-state index contributed by atoms with van der Waals surface area (Å²) in [6, 6.07) is -0.482. The number of methoxy groups -OCH3 is 1. The van der Waals surface area contributed by atoms with E-state index in [1.54, 1.807) is 13.8 Å². The van der Waals surface area contributed by atoms with Crippen molar-refractivity contribution in [3.8, 4) is 6.01 Å². The maximum Gasteiger partial charge on any atom is 0.434 e. The summed E-state index contributed by atoms with van der Waals surface area (Å²) in [4.78, 5) is 20.6. The highest BCUT2D eigenvalue weighted by atomic mass is 32.2. The van der Waals surface area contributed by atoms with Gasteiger partial charge in [0.25, 0.3) is 16.6 Å². The Morgan fingerprint density at radius 1 is 1.46 bits per heavy atom. The molecule has 0 fully saturated rings. The average Bonchev–Trinajstić information content (AvgIpc) is 2.83. The molecule has 134 valence electrons. The van der Waals surface area contributed by atoms with Gasteiger partial charge in [0.05, 0.1) is 19.1 Å². The van der Waals surface area contributed by atoms with Crippen LogP contribution in [0, 0.1) is 0 Å². The van der Waals surface area contributed by atoms with Gasteiger partial charge in [0.1, 0.15) is 11.4 Å². The van der Waals surface area contributed by atoms with Crippen molar-refractivity contribution in [2.24, 2.45) is 12.2 Å². The largest absolute Gasteiger partial charge is 0.610 e. The highest BCUT2D eigenvalue weighted by molar-refractivity contribution is 8.05. The predicted molar refractivity (Wildman–Crippen MR) is 80.1 cm³/mol. The van der Waals surface area contributed by atoms with E-state index in [-0.39, 0.29) is 11.5 Å². The number of hydrogen-bond acceptors (Lipinski definition) is 6. The first-order valence-electron chi connectivity index (χ1n) is 6.81. The molecule has 2 rings (SSSR count). The summed E-state index contributed by atoms with van der Waals surface area (Å²) in [5.41, 5.74) is -3.76.